The van der Waals surface area contributed by atoms with Crippen molar-refractivity contribution in [3.05, 3.63) is 70.0 Å². The number of amides is 2. The molecule has 0 radical (unpaired) electrons. The molecule has 0 fully saturated rings. The first kappa shape index (κ1) is 26.0. The molecule has 0 aliphatic rings. The summed E-state index contributed by atoms with van der Waals surface area (Å²) in [4.78, 5) is 25.4. The smallest absolute Gasteiger partial charge is 0.251 e. The van der Waals surface area contributed by atoms with Gasteiger partial charge in [0.25, 0.3) is 5.91 Å². The summed E-state index contributed by atoms with van der Waals surface area (Å²) in [6, 6.07) is 14.6. The van der Waals surface area contributed by atoms with Crippen molar-refractivity contribution < 1.29 is 9.59 Å². The van der Waals surface area contributed by atoms with Gasteiger partial charge in [-0.2, -0.15) is 0 Å². The van der Waals surface area contributed by atoms with Gasteiger partial charge in [0.15, 0.2) is 11.0 Å². The van der Waals surface area contributed by atoms with Gasteiger partial charge < -0.3 is 15.2 Å². The van der Waals surface area contributed by atoms with Crippen LogP contribution >= 0.6 is 27.7 Å². The Hall–Kier alpha value is -2.65. The summed E-state index contributed by atoms with van der Waals surface area (Å²) in [5.41, 5.74) is 2.48. The Morgan fingerprint density at radius 1 is 1.06 bits per heavy atom. The molecule has 3 rings (SSSR count). The third-order valence-electron chi connectivity index (χ3n) is 5.38. The summed E-state index contributed by atoms with van der Waals surface area (Å²) in [6.45, 7) is 8.23. The molecule has 1 atom stereocenters. The van der Waals surface area contributed by atoms with E-state index in [0.717, 1.165) is 15.7 Å². The Morgan fingerprint density at radius 2 is 1.76 bits per heavy atom. The molecule has 0 aliphatic heterocycles. The number of nitrogens with zero attached hydrogens (tertiary/aromatic N) is 3. The van der Waals surface area contributed by atoms with E-state index in [9.17, 15) is 9.59 Å². The second kappa shape index (κ2) is 11.7. The third kappa shape index (κ3) is 6.48. The Morgan fingerprint density at radius 3 is 2.41 bits per heavy atom. The molecule has 1 heterocycles. The fourth-order valence-corrected chi connectivity index (χ4v) is 4.60. The van der Waals surface area contributed by atoms with E-state index in [-0.39, 0.29) is 35.4 Å². The van der Waals surface area contributed by atoms with Crippen LogP contribution in [0, 0.1) is 5.92 Å². The summed E-state index contributed by atoms with van der Waals surface area (Å²) in [7, 11) is 1.85. The van der Waals surface area contributed by atoms with Gasteiger partial charge in [-0.05, 0) is 47.7 Å². The number of thioether (sulfide) groups is 1. The van der Waals surface area contributed by atoms with Crippen LogP contribution in [0.2, 0.25) is 0 Å². The highest BCUT2D eigenvalue weighted by molar-refractivity contribution is 9.10. The van der Waals surface area contributed by atoms with Gasteiger partial charge in [0.05, 0.1) is 11.8 Å². The lowest BCUT2D eigenvalue weighted by atomic mass is 10.0. The van der Waals surface area contributed by atoms with Gasteiger partial charge in [0.1, 0.15) is 0 Å². The van der Waals surface area contributed by atoms with E-state index in [1.165, 1.54) is 11.8 Å². The SMILES string of the molecule is CC(C)c1cc(Br)ccc1NC(=O)CSc1nnc([C@@H](NC(=O)c2ccccc2)C(C)C)n1C. The molecule has 2 amide bonds. The van der Waals surface area contributed by atoms with Crippen molar-refractivity contribution >= 4 is 45.2 Å². The van der Waals surface area contributed by atoms with Crippen LogP contribution < -0.4 is 10.6 Å². The van der Waals surface area contributed by atoms with Gasteiger partial charge in [-0.3, -0.25) is 9.59 Å². The van der Waals surface area contributed by atoms with Crippen LogP contribution in [0.25, 0.3) is 0 Å². The molecule has 7 nitrogen and oxygen atoms in total. The molecule has 9 heteroatoms. The average molecular weight is 545 g/mol. The molecule has 2 N–H and O–H groups in total. The van der Waals surface area contributed by atoms with Crippen LogP contribution in [0.5, 0.6) is 0 Å². The van der Waals surface area contributed by atoms with Gasteiger partial charge in [-0.1, -0.05) is 73.6 Å². The Labute approximate surface area is 213 Å². The van der Waals surface area contributed by atoms with Crippen LogP contribution in [0.4, 0.5) is 5.69 Å². The maximum atomic E-state index is 12.7. The number of anilines is 1. The van der Waals surface area contributed by atoms with Crippen LogP contribution in [-0.4, -0.2) is 32.3 Å². The number of rotatable bonds is 9. The number of hydrogen-bond donors (Lipinski definition) is 2. The number of halogens is 1. The van der Waals surface area contributed by atoms with Crippen molar-refractivity contribution in [1.29, 1.82) is 0 Å². The van der Waals surface area contributed by atoms with Crippen molar-refractivity contribution in [1.82, 2.24) is 20.1 Å². The minimum absolute atomic E-state index is 0.101. The monoisotopic (exact) mass is 543 g/mol. The van der Waals surface area contributed by atoms with Gasteiger partial charge in [-0.25, -0.2) is 0 Å². The predicted octanol–water partition coefficient (Wildman–Crippen LogP) is 5.56. The molecule has 3 aromatic rings. The number of benzene rings is 2. The summed E-state index contributed by atoms with van der Waals surface area (Å²) in [5.74, 6) is 0.951. The number of carbonyl (C=O) groups excluding carboxylic acids is 2. The molecule has 34 heavy (non-hydrogen) atoms. The van der Waals surface area contributed by atoms with Gasteiger partial charge in [-0.15, -0.1) is 10.2 Å². The summed E-state index contributed by atoms with van der Waals surface area (Å²) < 4.78 is 2.82. The Bertz CT molecular complexity index is 1150. The highest BCUT2D eigenvalue weighted by Gasteiger charge is 2.25. The molecule has 2 aromatic carbocycles. The number of aromatic nitrogens is 3. The van der Waals surface area contributed by atoms with Crippen molar-refractivity contribution in [3.63, 3.8) is 0 Å². The van der Waals surface area contributed by atoms with Crippen molar-refractivity contribution in [3.8, 4) is 0 Å². The lowest BCUT2D eigenvalue weighted by Gasteiger charge is -2.21. The first-order chi connectivity index (χ1) is 16.2. The molecule has 0 bridgehead atoms. The highest BCUT2D eigenvalue weighted by Crippen LogP contribution is 2.28. The van der Waals surface area contributed by atoms with Crippen LogP contribution in [0.3, 0.4) is 0 Å². The van der Waals surface area contributed by atoms with E-state index >= 15 is 0 Å². The van der Waals surface area contributed by atoms with E-state index in [0.29, 0.717) is 16.5 Å². The molecular formula is C25H30BrN5O2S. The molecule has 0 spiro atoms. The number of nitrogens with one attached hydrogen (secondary N) is 2. The van der Waals surface area contributed by atoms with Crippen molar-refractivity contribution in [2.24, 2.45) is 13.0 Å². The molecule has 0 unspecified atom stereocenters. The Balaban J connectivity index is 1.67. The topological polar surface area (TPSA) is 88.9 Å². The molecule has 180 valence electrons. The van der Waals surface area contributed by atoms with E-state index in [1.54, 1.807) is 12.1 Å². The standard InChI is InChI=1S/C25H30BrN5O2S/c1-15(2)19-13-18(26)11-12-20(19)27-21(32)14-34-25-30-29-23(31(25)5)22(16(3)4)28-24(33)17-9-7-6-8-10-17/h6-13,15-16,22H,14H2,1-5H3,(H,27,32)(H,28,33)/t22-/m0/s1. The van der Waals surface area contributed by atoms with Gasteiger partial charge in [0, 0.05) is 22.8 Å². The first-order valence-electron chi connectivity index (χ1n) is 11.1. The summed E-state index contributed by atoms with van der Waals surface area (Å²) in [5, 5.41) is 15.3. The quantitative estimate of drug-likeness (QED) is 0.345. The first-order valence-corrected chi connectivity index (χ1v) is 12.9. The molecule has 0 aliphatic carbocycles. The van der Waals surface area contributed by atoms with Crippen molar-refractivity contribution in [2.45, 2.75) is 44.8 Å². The van der Waals surface area contributed by atoms with Gasteiger partial charge >= 0.3 is 0 Å². The van der Waals surface area contributed by atoms with Crippen molar-refractivity contribution in [2.75, 3.05) is 11.1 Å². The Kier molecular flexibility index (Phi) is 8.90. The zero-order valence-electron chi connectivity index (χ0n) is 20.0. The van der Waals surface area contributed by atoms with E-state index in [2.05, 4.69) is 50.6 Å². The fourth-order valence-electron chi connectivity index (χ4n) is 3.51. The summed E-state index contributed by atoms with van der Waals surface area (Å²) in [6.07, 6.45) is 0. The molecular weight excluding hydrogens is 514 g/mol. The maximum absolute atomic E-state index is 12.7. The second-order valence-corrected chi connectivity index (χ2v) is 10.5. The predicted molar refractivity (Wildman–Crippen MR) is 140 cm³/mol. The zero-order valence-corrected chi connectivity index (χ0v) is 22.4. The lowest BCUT2D eigenvalue weighted by molar-refractivity contribution is -0.113. The zero-order chi connectivity index (χ0) is 24.8. The fraction of sp³-hybridized carbons (Fsp3) is 0.360. The molecule has 0 saturated heterocycles. The van der Waals surface area contributed by atoms with Gasteiger partial charge in [0.2, 0.25) is 5.91 Å². The van der Waals surface area contributed by atoms with E-state index < -0.39 is 0 Å². The molecule has 0 saturated carbocycles. The molecule has 1 aromatic heterocycles. The second-order valence-electron chi connectivity index (χ2n) is 8.68. The number of carbonyl (C=O) groups is 2. The van der Waals surface area contributed by atoms with E-state index in [4.69, 9.17) is 0 Å². The van der Waals surface area contributed by atoms with E-state index in [1.807, 2.05) is 61.9 Å². The average Bonchev–Trinajstić information content (AvgIpc) is 3.17. The normalized spacial score (nSPS) is 12.1. The minimum atomic E-state index is -0.315. The van der Waals surface area contributed by atoms with Crippen LogP contribution in [0.1, 0.15) is 61.4 Å². The number of hydrogen-bond acceptors (Lipinski definition) is 5. The third-order valence-corrected chi connectivity index (χ3v) is 6.89. The lowest BCUT2D eigenvalue weighted by Crippen LogP contribution is -2.33. The largest absolute Gasteiger partial charge is 0.342 e. The minimum Gasteiger partial charge on any atom is -0.342 e. The van der Waals surface area contributed by atoms with Crippen LogP contribution in [0.15, 0.2) is 58.2 Å². The van der Waals surface area contributed by atoms with Crippen LogP contribution in [-0.2, 0) is 11.8 Å². The summed E-state index contributed by atoms with van der Waals surface area (Å²) >= 11 is 4.80. The maximum Gasteiger partial charge on any atom is 0.251 e. The highest BCUT2D eigenvalue weighted by atomic mass is 79.9.